The maximum Gasteiger partial charge on any atom is 0.165 e. The molecule has 0 aliphatic carbocycles. The molecule has 0 fully saturated rings. The van der Waals surface area contributed by atoms with Crippen LogP contribution in [0.1, 0.15) is 18.6 Å². The van der Waals surface area contributed by atoms with Gasteiger partial charge in [-0.2, -0.15) is 0 Å². The Kier molecular flexibility index (Phi) is 5.61. The summed E-state index contributed by atoms with van der Waals surface area (Å²) in [5.41, 5.74) is 0.434. The van der Waals surface area contributed by atoms with Gasteiger partial charge in [0, 0.05) is 0 Å². The molecule has 0 aliphatic rings. The summed E-state index contributed by atoms with van der Waals surface area (Å²) >= 11 is 0. The van der Waals surface area contributed by atoms with Crippen LogP contribution in [0.3, 0.4) is 0 Å². The minimum Gasteiger partial charge on any atom is -0.494 e. The van der Waals surface area contributed by atoms with Crippen molar-refractivity contribution in [2.45, 2.75) is 13.0 Å². The molecule has 0 saturated carbocycles. The van der Waals surface area contributed by atoms with Crippen LogP contribution < -0.4 is 14.2 Å². The molecule has 0 heterocycles. The molecule has 0 amide bonds. The van der Waals surface area contributed by atoms with E-state index >= 15 is 0 Å². The number of hydrogen-bond donors (Lipinski definition) is 1. The summed E-state index contributed by atoms with van der Waals surface area (Å²) < 4.78 is 29.3. The lowest BCUT2D eigenvalue weighted by Crippen LogP contribution is -2.10. The van der Waals surface area contributed by atoms with Gasteiger partial charge in [-0.1, -0.05) is 6.07 Å². The molecule has 5 heteroatoms. The Bertz CT molecular complexity index is 598. The first-order valence-corrected chi connectivity index (χ1v) is 7.01. The third-order valence-corrected chi connectivity index (χ3v) is 3.10. The fourth-order valence-corrected chi connectivity index (χ4v) is 1.96. The zero-order chi connectivity index (χ0) is 15.9. The van der Waals surface area contributed by atoms with Crippen LogP contribution in [0.15, 0.2) is 42.5 Å². The quantitative estimate of drug-likeness (QED) is 0.852. The van der Waals surface area contributed by atoms with Crippen molar-refractivity contribution in [3.05, 3.63) is 53.8 Å². The van der Waals surface area contributed by atoms with E-state index in [0.29, 0.717) is 17.9 Å². The van der Waals surface area contributed by atoms with Crippen molar-refractivity contribution in [1.82, 2.24) is 0 Å². The molecule has 0 radical (unpaired) electrons. The van der Waals surface area contributed by atoms with Crippen molar-refractivity contribution in [1.29, 1.82) is 0 Å². The highest BCUT2D eigenvalue weighted by Gasteiger charge is 2.12. The van der Waals surface area contributed by atoms with Gasteiger partial charge in [-0.3, -0.25) is 0 Å². The maximum absolute atomic E-state index is 13.6. The molecule has 118 valence electrons. The van der Waals surface area contributed by atoms with Gasteiger partial charge in [0.25, 0.3) is 0 Å². The molecule has 22 heavy (non-hydrogen) atoms. The Morgan fingerprint density at radius 3 is 2.23 bits per heavy atom. The van der Waals surface area contributed by atoms with Crippen LogP contribution in [-0.2, 0) is 0 Å². The zero-order valence-electron chi connectivity index (χ0n) is 12.6. The van der Waals surface area contributed by atoms with Gasteiger partial charge in [0.1, 0.15) is 24.2 Å². The van der Waals surface area contributed by atoms with Gasteiger partial charge in [0.05, 0.1) is 13.7 Å². The van der Waals surface area contributed by atoms with Gasteiger partial charge < -0.3 is 19.3 Å². The summed E-state index contributed by atoms with van der Waals surface area (Å²) in [4.78, 5) is 0. The Hall–Kier alpha value is -2.27. The fraction of sp³-hybridized carbons (Fsp3) is 0.294. The summed E-state index contributed by atoms with van der Waals surface area (Å²) in [6.45, 7) is 2.54. The van der Waals surface area contributed by atoms with E-state index in [4.69, 9.17) is 14.2 Å². The van der Waals surface area contributed by atoms with Crippen LogP contribution in [0, 0.1) is 5.82 Å². The second kappa shape index (κ2) is 7.66. The molecule has 2 rings (SSSR count). The number of ether oxygens (including phenoxy) is 3. The third-order valence-electron chi connectivity index (χ3n) is 3.10. The van der Waals surface area contributed by atoms with Gasteiger partial charge in [0.15, 0.2) is 11.6 Å². The molecule has 1 unspecified atom stereocenters. The normalized spacial score (nSPS) is 11.8. The second-order valence-electron chi connectivity index (χ2n) is 4.63. The molecule has 0 aromatic heterocycles. The first kappa shape index (κ1) is 16.1. The number of aliphatic hydroxyl groups is 1. The predicted molar refractivity (Wildman–Crippen MR) is 81.0 cm³/mol. The van der Waals surface area contributed by atoms with Crippen molar-refractivity contribution in [3.8, 4) is 17.2 Å². The SMILES string of the molecule is CCOc1ccc(OCC(O)c2ccc(OC)c(F)c2)cc1. The van der Waals surface area contributed by atoms with Gasteiger partial charge in [0.2, 0.25) is 0 Å². The minimum absolute atomic E-state index is 0.0275. The van der Waals surface area contributed by atoms with Crippen molar-refractivity contribution in [3.63, 3.8) is 0 Å². The van der Waals surface area contributed by atoms with E-state index in [2.05, 4.69) is 0 Å². The van der Waals surface area contributed by atoms with Gasteiger partial charge in [-0.05, 0) is 48.9 Å². The molecular formula is C17H19FO4. The first-order valence-electron chi connectivity index (χ1n) is 7.01. The van der Waals surface area contributed by atoms with E-state index < -0.39 is 11.9 Å². The zero-order valence-corrected chi connectivity index (χ0v) is 12.6. The van der Waals surface area contributed by atoms with Crippen LogP contribution >= 0.6 is 0 Å². The first-order chi connectivity index (χ1) is 10.6. The summed E-state index contributed by atoms with van der Waals surface area (Å²) in [5.74, 6) is 0.993. The lowest BCUT2D eigenvalue weighted by Gasteiger charge is -2.14. The molecular weight excluding hydrogens is 287 g/mol. The topological polar surface area (TPSA) is 47.9 Å². The van der Waals surface area contributed by atoms with E-state index in [9.17, 15) is 9.50 Å². The van der Waals surface area contributed by atoms with Crippen molar-refractivity contribution in [2.24, 2.45) is 0 Å². The molecule has 1 N–H and O–H groups in total. The Balaban J connectivity index is 1.94. The van der Waals surface area contributed by atoms with Gasteiger partial charge in [-0.15, -0.1) is 0 Å². The number of hydrogen-bond acceptors (Lipinski definition) is 4. The summed E-state index contributed by atoms with van der Waals surface area (Å²) in [6, 6.07) is 11.4. The molecule has 2 aromatic rings. The smallest absolute Gasteiger partial charge is 0.165 e. The van der Waals surface area contributed by atoms with E-state index in [-0.39, 0.29) is 12.4 Å². The molecule has 0 spiro atoms. The lowest BCUT2D eigenvalue weighted by atomic mass is 10.1. The van der Waals surface area contributed by atoms with Crippen LogP contribution in [-0.4, -0.2) is 25.4 Å². The number of benzene rings is 2. The highest BCUT2D eigenvalue weighted by molar-refractivity contribution is 5.32. The van der Waals surface area contributed by atoms with Crippen molar-refractivity contribution >= 4 is 0 Å². The average Bonchev–Trinajstić information content (AvgIpc) is 2.54. The lowest BCUT2D eigenvalue weighted by molar-refractivity contribution is 0.108. The van der Waals surface area contributed by atoms with Crippen molar-refractivity contribution < 1.29 is 23.7 Å². The molecule has 1 atom stereocenters. The molecule has 0 aliphatic heterocycles. The van der Waals surface area contributed by atoms with Gasteiger partial charge in [-0.25, -0.2) is 4.39 Å². The molecule has 0 bridgehead atoms. The third kappa shape index (κ3) is 4.11. The van der Waals surface area contributed by atoms with E-state index in [1.165, 1.54) is 19.2 Å². The number of aliphatic hydroxyl groups excluding tert-OH is 1. The summed E-state index contributed by atoms with van der Waals surface area (Å²) in [7, 11) is 1.39. The van der Waals surface area contributed by atoms with Crippen LogP contribution in [0.5, 0.6) is 17.2 Å². The highest BCUT2D eigenvalue weighted by atomic mass is 19.1. The standard InChI is InChI=1S/C17H19FO4/c1-3-21-13-5-7-14(8-6-13)22-11-16(19)12-4-9-17(20-2)15(18)10-12/h4-10,16,19H,3,11H2,1-2H3. The highest BCUT2D eigenvalue weighted by Crippen LogP contribution is 2.23. The monoisotopic (exact) mass is 306 g/mol. The Morgan fingerprint density at radius 1 is 1.05 bits per heavy atom. The number of rotatable bonds is 7. The molecule has 2 aromatic carbocycles. The molecule has 0 saturated heterocycles. The molecule has 4 nitrogen and oxygen atoms in total. The van der Waals surface area contributed by atoms with E-state index in [1.54, 1.807) is 30.3 Å². The Labute approximate surface area is 129 Å². The second-order valence-corrected chi connectivity index (χ2v) is 4.63. The minimum atomic E-state index is -0.924. The summed E-state index contributed by atoms with van der Waals surface area (Å²) in [5, 5.41) is 10.1. The average molecular weight is 306 g/mol. The van der Waals surface area contributed by atoms with Gasteiger partial charge >= 0.3 is 0 Å². The summed E-state index contributed by atoms with van der Waals surface area (Å²) in [6.07, 6.45) is -0.924. The fourth-order valence-electron chi connectivity index (χ4n) is 1.96. The maximum atomic E-state index is 13.6. The van der Waals surface area contributed by atoms with Crippen LogP contribution in [0.25, 0.3) is 0 Å². The Morgan fingerprint density at radius 2 is 1.68 bits per heavy atom. The van der Waals surface area contributed by atoms with Crippen LogP contribution in [0.2, 0.25) is 0 Å². The van der Waals surface area contributed by atoms with E-state index in [1.807, 2.05) is 6.92 Å². The predicted octanol–water partition coefficient (Wildman–Crippen LogP) is 3.35. The van der Waals surface area contributed by atoms with Crippen LogP contribution in [0.4, 0.5) is 4.39 Å². The number of methoxy groups -OCH3 is 1. The largest absolute Gasteiger partial charge is 0.494 e. The van der Waals surface area contributed by atoms with Crippen molar-refractivity contribution in [2.75, 3.05) is 20.3 Å². The van der Waals surface area contributed by atoms with E-state index in [0.717, 1.165) is 5.75 Å². The number of halogens is 1.